The number of rotatable bonds is 3. The molecule has 2 N–H and O–H groups in total. The maximum absolute atomic E-state index is 11.9. The fourth-order valence-corrected chi connectivity index (χ4v) is 2.93. The predicted octanol–water partition coefficient (Wildman–Crippen LogP) is 2.33. The highest BCUT2D eigenvalue weighted by atomic mass is 35.5. The maximum Gasteiger partial charge on any atom is 0.222 e. The number of hydrogen-bond donors (Lipinski definition) is 1. The van der Waals surface area contributed by atoms with E-state index in [1.807, 2.05) is 4.90 Å². The van der Waals surface area contributed by atoms with E-state index in [1.54, 1.807) is 0 Å². The van der Waals surface area contributed by atoms with Crippen LogP contribution in [0.3, 0.4) is 0 Å². The third-order valence-corrected chi connectivity index (χ3v) is 4.13. The predicted molar refractivity (Wildman–Crippen MR) is 72.2 cm³/mol. The topological polar surface area (TPSA) is 46.3 Å². The largest absolute Gasteiger partial charge is 0.343 e. The van der Waals surface area contributed by atoms with Crippen LogP contribution in [-0.4, -0.2) is 29.9 Å². The average Bonchev–Trinajstić information content (AvgIpc) is 2.80. The molecule has 0 aromatic heterocycles. The summed E-state index contributed by atoms with van der Waals surface area (Å²) in [7, 11) is 0. The first kappa shape index (κ1) is 14.8. The van der Waals surface area contributed by atoms with Gasteiger partial charge in [0.15, 0.2) is 0 Å². The Morgan fingerprint density at radius 1 is 1.12 bits per heavy atom. The van der Waals surface area contributed by atoms with Gasteiger partial charge in [0.1, 0.15) is 0 Å². The molecule has 0 aromatic rings. The second-order valence-electron chi connectivity index (χ2n) is 5.41. The number of hydrogen-bond acceptors (Lipinski definition) is 2. The summed E-state index contributed by atoms with van der Waals surface area (Å²) in [4.78, 5) is 14.0. The fourth-order valence-electron chi connectivity index (χ4n) is 2.93. The number of halogens is 1. The highest BCUT2D eigenvalue weighted by Gasteiger charge is 2.22. The summed E-state index contributed by atoms with van der Waals surface area (Å²) in [5.74, 6) is 1.19. The minimum absolute atomic E-state index is 0. The first-order valence-corrected chi connectivity index (χ1v) is 6.79. The molecule has 0 spiro atoms. The van der Waals surface area contributed by atoms with Crippen LogP contribution in [0.15, 0.2) is 0 Å². The molecule has 1 aliphatic heterocycles. The Kier molecular flexibility index (Phi) is 6.28. The Bertz CT molecular complexity index is 234. The van der Waals surface area contributed by atoms with Crippen molar-refractivity contribution in [3.05, 3.63) is 0 Å². The summed E-state index contributed by atoms with van der Waals surface area (Å²) < 4.78 is 0. The lowest BCUT2D eigenvalue weighted by atomic mass is 10.0. The Hall–Kier alpha value is -0.280. The third-order valence-electron chi connectivity index (χ3n) is 4.13. The first-order chi connectivity index (χ1) is 7.75. The van der Waals surface area contributed by atoms with E-state index in [9.17, 15) is 4.79 Å². The van der Waals surface area contributed by atoms with Crippen molar-refractivity contribution >= 4 is 18.3 Å². The van der Waals surface area contributed by atoms with Crippen LogP contribution in [0.1, 0.15) is 51.4 Å². The van der Waals surface area contributed by atoms with Crippen molar-refractivity contribution < 1.29 is 4.79 Å². The van der Waals surface area contributed by atoms with E-state index in [1.165, 1.54) is 25.7 Å². The summed E-state index contributed by atoms with van der Waals surface area (Å²) >= 11 is 0. The smallest absolute Gasteiger partial charge is 0.222 e. The van der Waals surface area contributed by atoms with Crippen molar-refractivity contribution in [2.45, 2.75) is 57.4 Å². The molecule has 1 amide bonds. The van der Waals surface area contributed by atoms with Gasteiger partial charge in [-0.05, 0) is 25.2 Å². The second-order valence-corrected chi connectivity index (χ2v) is 5.41. The molecule has 2 fully saturated rings. The number of nitrogens with zero attached hydrogens (tertiary/aromatic N) is 1. The number of carbonyl (C=O) groups is 1. The minimum atomic E-state index is 0. The van der Waals surface area contributed by atoms with E-state index in [0.717, 1.165) is 44.7 Å². The lowest BCUT2D eigenvalue weighted by Crippen LogP contribution is -2.42. The molecular formula is C13H25ClN2O. The first-order valence-electron chi connectivity index (χ1n) is 6.79. The molecule has 0 radical (unpaired) electrons. The van der Waals surface area contributed by atoms with E-state index >= 15 is 0 Å². The van der Waals surface area contributed by atoms with E-state index in [2.05, 4.69) is 0 Å². The van der Waals surface area contributed by atoms with Gasteiger partial charge in [0.2, 0.25) is 5.91 Å². The molecule has 0 bridgehead atoms. The van der Waals surface area contributed by atoms with Crippen LogP contribution in [0, 0.1) is 5.92 Å². The zero-order valence-corrected chi connectivity index (χ0v) is 11.4. The maximum atomic E-state index is 11.9. The number of piperidine rings is 1. The van der Waals surface area contributed by atoms with Crippen LogP contribution >= 0.6 is 12.4 Å². The summed E-state index contributed by atoms with van der Waals surface area (Å²) in [5.41, 5.74) is 5.83. The van der Waals surface area contributed by atoms with Gasteiger partial charge in [-0.1, -0.05) is 25.7 Å². The third kappa shape index (κ3) is 4.47. The van der Waals surface area contributed by atoms with Crippen molar-refractivity contribution in [3.63, 3.8) is 0 Å². The zero-order chi connectivity index (χ0) is 11.4. The van der Waals surface area contributed by atoms with Crippen LogP contribution < -0.4 is 5.73 Å². The van der Waals surface area contributed by atoms with Crippen molar-refractivity contribution in [3.8, 4) is 0 Å². The number of carbonyl (C=O) groups excluding carboxylic acids is 1. The van der Waals surface area contributed by atoms with Crippen molar-refractivity contribution in [1.29, 1.82) is 0 Å². The lowest BCUT2D eigenvalue weighted by molar-refractivity contribution is -0.132. The molecule has 2 aliphatic rings. The number of nitrogens with two attached hydrogens (primary N) is 1. The van der Waals surface area contributed by atoms with Crippen LogP contribution in [0.2, 0.25) is 0 Å². The van der Waals surface area contributed by atoms with Gasteiger partial charge < -0.3 is 10.6 Å². The summed E-state index contributed by atoms with van der Waals surface area (Å²) in [6, 6.07) is 0.318. The van der Waals surface area contributed by atoms with Crippen LogP contribution in [0.4, 0.5) is 0 Å². The van der Waals surface area contributed by atoms with Crippen molar-refractivity contribution in [2.75, 3.05) is 13.1 Å². The monoisotopic (exact) mass is 260 g/mol. The van der Waals surface area contributed by atoms with Gasteiger partial charge in [-0.3, -0.25) is 4.79 Å². The SMILES string of the molecule is Cl.NC1CCN(C(=O)CCC2CCCC2)CC1. The number of likely N-dealkylation sites (tertiary alicyclic amines) is 1. The summed E-state index contributed by atoms with van der Waals surface area (Å²) in [6.07, 6.45) is 9.27. The second kappa shape index (κ2) is 7.22. The standard InChI is InChI=1S/C13H24N2O.ClH/c14-12-7-9-15(10-8-12)13(16)6-5-11-3-1-2-4-11;/h11-12H,1-10,14H2;1H. The quantitative estimate of drug-likeness (QED) is 0.847. The Balaban J connectivity index is 0.00000144. The van der Waals surface area contributed by atoms with Gasteiger partial charge >= 0.3 is 0 Å². The fraction of sp³-hybridized carbons (Fsp3) is 0.923. The van der Waals surface area contributed by atoms with Gasteiger partial charge in [0.05, 0.1) is 0 Å². The van der Waals surface area contributed by atoms with E-state index in [4.69, 9.17) is 5.73 Å². The summed E-state index contributed by atoms with van der Waals surface area (Å²) in [6.45, 7) is 1.76. The van der Waals surface area contributed by atoms with E-state index in [-0.39, 0.29) is 12.4 Å². The molecule has 1 saturated carbocycles. The molecule has 17 heavy (non-hydrogen) atoms. The Morgan fingerprint density at radius 2 is 1.71 bits per heavy atom. The van der Waals surface area contributed by atoms with Crippen LogP contribution in [0.5, 0.6) is 0 Å². The van der Waals surface area contributed by atoms with Crippen LogP contribution in [0.25, 0.3) is 0 Å². The number of amides is 1. The molecule has 0 unspecified atom stereocenters. The normalized spacial score (nSPS) is 22.5. The van der Waals surface area contributed by atoms with Crippen LogP contribution in [-0.2, 0) is 4.79 Å². The molecular weight excluding hydrogens is 236 g/mol. The molecule has 1 saturated heterocycles. The Labute approximate surface area is 111 Å². The lowest BCUT2D eigenvalue weighted by Gasteiger charge is -2.30. The van der Waals surface area contributed by atoms with E-state index in [0.29, 0.717) is 11.9 Å². The zero-order valence-electron chi connectivity index (χ0n) is 10.6. The minimum Gasteiger partial charge on any atom is -0.343 e. The van der Waals surface area contributed by atoms with Gasteiger partial charge in [-0.25, -0.2) is 0 Å². The average molecular weight is 261 g/mol. The van der Waals surface area contributed by atoms with Gasteiger partial charge in [-0.2, -0.15) is 0 Å². The molecule has 100 valence electrons. The molecule has 3 nitrogen and oxygen atoms in total. The molecule has 1 aliphatic carbocycles. The molecule has 4 heteroatoms. The molecule has 0 atom stereocenters. The van der Waals surface area contributed by atoms with E-state index < -0.39 is 0 Å². The molecule has 1 heterocycles. The molecule has 0 aromatic carbocycles. The highest BCUT2D eigenvalue weighted by Crippen LogP contribution is 2.28. The highest BCUT2D eigenvalue weighted by molar-refractivity contribution is 5.85. The van der Waals surface area contributed by atoms with Gasteiger partial charge in [-0.15, -0.1) is 12.4 Å². The molecule has 2 rings (SSSR count). The van der Waals surface area contributed by atoms with Gasteiger partial charge in [0.25, 0.3) is 0 Å². The van der Waals surface area contributed by atoms with Crippen molar-refractivity contribution in [2.24, 2.45) is 11.7 Å². The summed E-state index contributed by atoms with van der Waals surface area (Å²) in [5, 5.41) is 0. The Morgan fingerprint density at radius 3 is 2.29 bits per heavy atom. The van der Waals surface area contributed by atoms with Gasteiger partial charge in [0, 0.05) is 25.6 Å². The van der Waals surface area contributed by atoms with Crippen molar-refractivity contribution in [1.82, 2.24) is 4.90 Å².